The van der Waals surface area contributed by atoms with Crippen LogP contribution in [0.5, 0.6) is 0 Å². The van der Waals surface area contributed by atoms with Crippen LogP contribution in [0.4, 0.5) is 14.0 Å². The summed E-state index contributed by atoms with van der Waals surface area (Å²) in [4.78, 5) is 96.5. The Morgan fingerprint density at radius 1 is 0.930 bits per heavy atom. The number of nitrogens with zero attached hydrogens (tertiary/aromatic N) is 1. The summed E-state index contributed by atoms with van der Waals surface area (Å²) >= 11 is 0. The predicted molar refractivity (Wildman–Crippen MR) is 256 cm³/mol. The van der Waals surface area contributed by atoms with E-state index in [2.05, 4.69) is 15.5 Å². The average molecular weight is 1010 g/mol. The summed E-state index contributed by atoms with van der Waals surface area (Å²) in [6.45, 7) is 11.0. The van der Waals surface area contributed by atoms with Crippen LogP contribution in [0.2, 0.25) is 0 Å². The number of hydrogen-bond donors (Lipinski definition) is 6. The maximum Gasteiger partial charge on any atom is 0.409 e. The second-order valence-corrected chi connectivity index (χ2v) is 20.3. The zero-order valence-electron chi connectivity index (χ0n) is 42.5. The highest BCUT2D eigenvalue weighted by atomic mass is 19.1. The number of urea groups is 1. The third kappa shape index (κ3) is 14.5. The van der Waals surface area contributed by atoms with Crippen molar-refractivity contribution in [3.63, 3.8) is 0 Å². The predicted octanol–water partition coefficient (Wildman–Crippen LogP) is 2.83. The number of primary amides is 1. The summed E-state index contributed by atoms with van der Waals surface area (Å²) in [5.41, 5.74) is -0.840. The lowest BCUT2D eigenvalue weighted by Crippen LogP contribution is -2.69. The summed E-state index contributed by atoms with van der Waals surface area (Å²) in [5.74, 6) is 0.0763. The summed E-state index contributed by atoms with van der Waals surface area (Å²) in [5, 5.41) is 29.2. The lowest BCUT2D eigenvalue weighted by Gasteiger charge is -2.62. The minimum atomic E-state index is -2.14. The Labute approximate surface area is 416 Å². The quantitative estimate of drug-likeness (QED) is 0.0417. The highest BCUT2D eigenvalue weighted by molar-refractivity contribution is 6.01. The van der Waals surface area contributed by atoms with Gasteiger partial charge in [0, 0.05) is 62.1 Å². The zero-order chi connectivity index (χ0) is 52.6. The van der Waals surface area contributed by atoms with Crippen LogP contribution < -0.4 is 22.3 Å². The number of fused-ring (bicyclic) bond motifs is 5. The molecule has 0 aliphatic heterocycles. The fraction of sp³-hybridized carbons (Fsp3) is 0.780. The molecule has 71 heavy (non-hydrogen) atoms. The Kier molecular flexibility index (Phi) is 22.7. The number of rotatable bonds is 32. The molecule has 20 nitrogen and oxygen atoms in total. The molecule has 4 amide bonds. The number of ketones is 4. The van der Waals surface area contributed by atoms with Gasteiger partial charge in [-0.15, -0.1) is 0 Å². The van der Waals surface area contributed by atoms with E-state index in [-0.39, 0.29) is 88.1 Å². The lowest BCUT2D eigenvalue weighted by molar-refractivity contribution is -0.219. The van der Waals surface area contributed by atoms with E-state index < -0.39 is 88.3 Å². The van der Waals surface area contributed by atoms with Crippen LogP contribution in [0, 0.1) is 40.4 Å². The number of alkyl halides is 1. The highest BCUT2D eigenvalue weighted by Crippen LogP contribution is 2.70. The molecule has 8 N–H and O–H groups in total. The molecule has 0 aromatic carbocycles. The molecule has 0 aromatic heterocycles. The molecule has 3 fully saturated rings. The standard InChI is InChI=1S/C50H80FN5O15/c1-32(2)37(29-36(58)14-18-66-19-20-67-21-22-68-23-24-69-25-26-71-53)44(62)55-40(9-7-16-54-45(52)63)41(59)10-8-17-56(6)46(64)70-31-43(61)50(65)33(3)27-39-38-12-11-34-28-35(57)13-15-47(34,4)49(38,51)42(60)30-48(39,50)5/h13,15,28,32-33,37-40,42,60,65H,7-12,14,16-27,29-31,53H2,1-6H3,(H,55,62)(H3,52,54,63)/t33-,37+,38?,39+,40+,42+,47+,48+,49+,50+/m1/s1. The van der Waals surface area contributed by atoms with Crippen molar-refractivity contribution in [2.75, 3.05) is 86.2 Å². The van der Waals surface area contributed by atoms with E-state index in [1.165, 1.54) is 24.1 Å². The van der Waals surface area contributed by atoms with E-state index in [4.69, 9.17) is 35.3 Å². The second-order valence-electron chi connectivity index (χ2n) is 20.3. The summed E-state index contributed by atoms with van der Waals surface area (Å²) in [7, 11) is 1.43. The second kappa shape index (κ2) is 27.2. The summed E-state index contributed by atoms with van der Waals surface area (Å²) < 4.78 is 44.6. The van der Waals surface area contributed by atoms with Gasteiger partial charge in [0.15, 0.2) is 23.8 Å². The van der Waals surface area contributed by atoms with Gasteiger partial charge < -0.3 is 60.0 Å². The van der Waals surface area contributed by atoms with Crippen LogP contribution in [-0.4, -0.2) is 166 Å². The monoisotopic (exact) mass is 1010 g/mol. The number of nitrogens with two attached hydrogens (primary N) is 2. The van der Waals surface area contributed by atoms with Gasteiger partial charge in [0.1, 0.15) is 11.4 Å². The van der Waals surface area contributed by atoms with Gasteiger partial charge in [0.2, 0.25) is 11.7 Å². The Hall–Kier alpha value is -4.22. The topological polar surface area (TPSA) is 295 Å². The number of ether oxygens (including phenoxy) is 5. The van der Waals surface area contributed by atoms with Crippen LogP contribution in [0.1, 0.15) is 98.8 Å². The third-order valence-corrected chi connectivity index (χ3v) is 15.5. The smallest absolute Gasteiger partial charge is 0.409 e. The fourth-order valence-corrected chi connectivity index (χ4v) is 11.4. The maximum atomic E-state index is 17.6. The molecule has 0 heterocycles. The summed E-state index contributed by atoms with van der Waals surface area (Å²) in [6, 6.07) is -1.71. The number of carbonyl (C=O) groups is 7. The van der Waals surface area contributed by atoms with Crippen molar-refractivity contribution in [3.8, 4) is 0 Å². The van der Waals surface area contributed by atoms with Gasteiger partial charge in [-0.2, -0.15) is 0 Å². The summed E-state index contributed by atoms with van der Waals surface area (Å²) in [6.07, 6.45) is 3.28. The Morgan fingerprint density at radius 3 is 2.15 bits per heavy atom. The van der Waals surface area contributed by atoms with Crippen molar-refractivity contribution in [2.24, 2.45) is 52.1 Å². The highest BCUT2D eigenvalue weighted by Gasteiger charge is 2.75. The minimum Gasteiger partial charge on any atom is -0.441 e. The Bertz CT molecular complexity index is 1920. The van der Waals surface area contributed by atoms with Crippen LogP contribution in [-0.2, 0) is 52.5 Å². The first kappa shape index (κ1) is 59.3. The molecule has 0 radical (unpaired) electrons. The van der Waals surface area contributed by atoms with Gasteiger partial charge in [-0.25, -0.2) is 19.9 Å². The molecule has 4 aliphatic carbocycles. The number of aliphatic hydroxyl groups excluding tert-OH is 1. The first-order chi connectivity index (χ1) is 33.6. The molecule has 0 aromatic rings. The van der Waals surface area contributed by atoms with Crippen molar-refractivity contribution in [1.29, 1.82) is 0 Å². The Morgan fingerprint density at radius 2 is 1.55 bits per heavy atom. The van der Waals surface area contributed by atoms with Crippen LogP contribution >= 0.6 is 0 Å². The molecule has 0 saturated heterocycles. The van der Waals surface area contributed by atoms with E-state index in [9.17, 15) is 43.8 Å². The number of allylic oxidation sites excluding steroid dienone is 4. The van der Waals surface area contributed by atoms with Crippen LogP contribution in [0.3, 0.4) is 0 Å². The van der Waals surface area contributed by atoms with Gasteiger partial charge in [-0.3, -0.25) is 24.0 Å². The molecule has 4 aliphatic rings. The SMILES string of the molecule is CC(C)[C@H](CC(=O)CCOCCOCCOCCOCCON)C(=O)N[C@@H](CCCNC(N)=O)C(=O)CCCN(C)C(=O)OCC(=O)[C@@]1(O)[C@H](C)C[C@H]2C3CCC4=CC(=O)C=C[C@]4(C)[C@@]3(F)[C@@H](O)C[C@@]21C. The van der Waals surface area contributed by atoms with E-state index >= 15 is 4.39 Å². The fourth-order valence-electron chi connectivity index (χ4n) is 11.4. The molecule has 21 heteroatoms. The van der Waals surface area contributed by atoms with Gasteiger partial charge in [-0.05, 0) is 81.8 Å². The van der Waals surface area contributed by atoms with E-state index in [0.717, 1.165) is 0 Å². The van der Waals surface area contributed by atoms with Crippen molar-refractivity contribution in [3.05, 3.63) is 23.8 Å². The molecule has 1 unspecified atom stereocenters. The molecule has 10 atom stereocenters. The number of hydrogen-bond acceptors (Lipinski definition) is 16. The first-order valence-corrected chi connectivity index (χ1v) is 25.0. The van der Waals surface area contributed by atoms with Crippen LogP contribution in [0.15, 0.2) is 23.8 Å². The van der Waals surface area contributed by atoms with Gasteiger partial charge in [0.25, 0.3) is 0 Å². The molecular weight excluding hydrogens is 930 g/mol. The Balaban J connectivity index is 1.24. The molecule has 402 valence electrons. The van der Waals surface area contributed by atoms with Crippen molar-refractivity contribution >= 4 is 41.2 Å². The number of aliphatic hydroxyl groups is 2. The van der Waals surface area contributed by atoms with Crippen molar-refractivity contribution in [2.45, 2.75) is 122 Å². The van der Waals surface area contributed by atoms with Gasteiger partial charge >= 0.3 is 12.1 Å². The average Bonchev–Trinajstić information content (AvgIpc) is 3.52. The van der Waals surface area contributed by atoms with E-state index in [1.807, 2.05) is 0 Å². The molecule has 0 bridgehead atoms. The molecule has 4 rings (SSSR count). The normalized spacial score (nSPS) is 28.5. The number of Topliss-reactive ketones (excluding diaryl/α,β-unsaturated/α-hetero) is 3. The number of nitrogens with one attached hydrogen (secondary N) is 2. The zero-order valence-corrected chi connectivity index (χ0v) is 42.5. The van der Waals surface area contributed by atoms with Gasteiger partial charge in [-0.1, -0.05) is 39.3 Å². The van der Waals surface area contributed by atoms with E-state index in [1.54, 1.807) is 40.7 Å². The van der Waals surface area contributed by atoms with Crippen LogP contribution in [0.25, 0.3) is 0 Å². The minimum absolute atomic E-state index is 0.0272. The molecule has 3 saturated carbocycles. The number of carbonyl (C=O) groups excluding carboxylic acids is 7. The van der Waals surface area contributed by atoms with Crippen molar-refractivity contribution < 1.29 is 76.7 Å². The van der Waals surface area contributed by atoms with Crippen molar-refractivity contribution in [1.82, 2.24) is 15.5 Å². The maximum absolute atomic E-state index is 17.6. The van der Waals surface area contributed by atoms with E-state index in [0.29, 0.717) is 77.5 Å². The molecular formula is C50H80FN5O15. The van der Waals surface area contributed by atoms with Gasteiger partial charge in [0.05, 0.1) is 71.6 Å². The third-order valence-electron chi connectivity index (χ3n) is 15.5. The molecule has 0 spiro atoms. The number of amides is 4. The first-order valence-electron chi connectivity index (χ1n) is 25.0. The number of halogens is 1. The lowest BCUT2D eigenvalue weighted by atomic mass is 9.44. The largest absolute Gasteiger partial charge is 0.441 e.